The molecule has 1 aromatic rings. The van der Waals surface area contributed by atoms with Gasteiger partial charge in [-0.15, -0.1) is 0 Å². The Morgan fingerprint density at radius 1 is 1.29 bits per heavy atom. The molecule has 0 saturated carbocycles. The van der Waals surface area contributed by atoms with Crippen molar-refractivity contribution in [3.05, 3.63) is 29.3 Å². The number of aliphatic hydroxyl groups is 3. The van der Waals surface area contributed by atoms with E-state index < -0.39 is 17.3 Å². The third-order valence-corrected chi connectivity index (χ3v) is 6.01. The summed E-state index contributed by atoms with van der Waals surface area (Å²) in [6, 6.07) is 6.89. The minimum atomic E-state index is -1.43. The van der Waals surface area contributed by atoms with Crippen LogP contribution < -0.4 is 4.74 Å². The van der Waals surface area contributed by atoms with Gasteiger partial charge in [0.1, 0.15) is 18.0 Å². The van der Waals surface area contributed by atoms with Crippen LogP contribution in [-0.2, 0) is 4.79 Å². The first-order valence-electron chi connectivity index (χ1n) is 9.68. The van der Waals surface area contributed by atoms with Gasteiger partial charge in [-0.25, -0.2) is 0 Å². The molecule has 0 aromatic heterocycles. The molecule has 0 unspecified atom stereocenters. The molecule has 1 amide bonds. The molecule has 2 heterocycles. The highest BCUT2D eigenvalue weighted by Gasteiger charge is 2.44. The lowest BCUT2D eigenvalue weighted by Gasteiger charge is -2.46. The quantitative estimate of drug-likeness (QED) is 0.665. The molecule has 0 spiro atoms. The molecule has 2 saturated heterocycles. The van der Waals surface area contributed by atoms with Crippen LogP contribution in [0.1, 0.15) is 26.2 Å². The predicted molar refractivity (Wildman–Crippen MR) is 105 cm³/mol. The van der Waals surface area contributed by atoms with E-state index in [0.29, 0.717) is 56.2 Å². The van der Waals surface area contributed by atoms with Crippen molar-refractivity contribution in [3.63, 3.8) is 0 Å². The maximum Gasteiger partial charge on any atom is 0.219 e. The van der Waals surface area contributed by atoms with E-state index in [9.17, 15) is 20.1 Å². The van der Waals surface area contributed by atoms with Crippen LogP contribution in [0.3, 0.4) is 0 Å². The fraction of sp³-hybridized carbons (Fsp3) is 0.650. The SMILES string of the molecule is CC(=O)N1CCC(O)(CN2CC[C@H](O)[C@@](O)(COc3cccc(Cl)c3)C2)CC1. The first kappa shape index (κ1) is 21.3. The van der Waals surface area contributed by atoms with Crippen molar-refractivity contribution in [2.45, 2.75) is 43.5 Å². The number of ether oxygens (including phenoxy) is 1. The van der Waals surface area contributed by atoms with Crippen LogP contribution in [0, 0.1) is 0 Å². The molecular formula is C20H29ClN2O5. The fourth-order valence-electron chi connectivity index (χ4n) is 4.00. The zero-order valence-electron chi connectivity index (χ0n) is 16.2. The van der Waals surface area contributed by atoms with Gasteiger partial charge in [0.15, 0.2) is 0 Å². The van der Waals surface area contributed by atoms with Crippen LogP contribution in [0.5, 0.6) is 5.75 Å². The number of piperidine rings is 2. The van der Waals surface area contributed by atoms with Crippen LogP contribution in [0.15, 0.2) is 24.3 Å². The lowest BCUT2D eigenvalue weighted by molar-refractivity contribution is -0.152. The van der Waals surface area contributed by atoms with Crippen molar-refractivity contribution >= 4 is 17.5 Å². The lowest BCUT2D eigenvalue weighted by atomic mass is 9.86. The van der Waals surface area contributed by atoms with Crippen molar-refractivity contribution in [2.75, 3.05) is 39.3 Å². The number of carbonyl (C=O) groups excluding carboxylic acids is 1. The van der Waals surface area contributed by atoms with Crippen LogP contribution in [0.2, 0.25) is 5.02 Å². The van der Waals surface area contributed by atoms with E-state index in [-0.39, 0.29) is 19.1 Å². The Kier molecular flexibility index (Phi) is 6.51. The van der Waals surface area contributed by atoms with Gasteiger partial charge < -0.3 is 25.0 Å². The zero-order chi connectivity index (χ0) is 20.4. The number of benzene rings is 1. The molecule has 0 aliphatic carbocycles. The number of β-amino-alcohol motifs (C(OH)–C–C–N with tert-alkyl or cyclic N) is 2. The summed E-state index contributed by atoms with van der Waals surface area (Å²) < 4.78 is 5.68. The van der Waals surface area contributed by atoms with Gasteiger partial charge in [-0.3, -0.25) is 9.69 Å². The second kappa shape index (κ2) is 8.55. The van der Waals surface area contributed by atoms with Crippen molar-refractivity contribution < 1.29 is 24.9 Å². The van der Waals surface area contributed by atoms with E-state index in [2.05, 4.69) is 0 Å². The number of nitrogens with zero attached hydrogens (tertiary/aromatic N) is 2. The minimum Gasteiger partial charge on any atom is -0.490 e. The number of likely N-dealkylation sites (tertiary alicyclic amines) is 2. The van der Waals surface area contributed by atoms with Gasteiger partial charge in [0, 0.05) is 44.7 Å². The minimum absolute atomic E-state index is 0.0238. The lowest BCUT2D eigenvalue weighted by Crippen LogP contribution is -2.62. The largest absolute Gasteiger partial charge is 0.490 e. The van der Waals surface area contributed by atoms with E-state index in [0.717, 1.165) is 0 Å². The highest BCUT2D eigenvalue weighted by Crippen LogP contribution is 2.29. The summed E-state index contributed by atoms with van der Waals surface area (Å²) in [5.41, 5.74) is -2.33. The Morgan fingerprint density at radius 2 is 2.00 bits per heavy atom. The fourth-order valence-corrected chi connectivity index (χ4v) is 4.18. The van der Waals surface area contributed by atoms with Gasteiger partial charge in [0.25, 0.3) is 0 Å². The van der Waals surface area contributed by atoms with E-state index in [1.165, 1.54) is 6.92 Å². The van der Waals surface area contributed by atoms with Gasteiger partial charge >= 0.3 is 0 Å². The third-order valence-electron chi connectivity index (χ3n) is 5.78. The highest BCUT2D eigenvalue weighted by molar-refractivity contribution is 6.30. The summed E-state index contributed by atoms with van der Waals surface area (Å²) in [4.78, 5) is 15.2. The summed E-state index contributed by atoms with van der Waals surface area (Å²) in [6.07, 6.45) is 0.495. The monoisotopic (exact) mass is 412 g/mol. The van der Waals surface area contributed by atoms with Crippen LogP contribution >= 0.6 is 11.6 Å². The van der Waals surface area contributed by atoms with Crippen LogP contribution in [0.25, 0.3) is 0 Å². The third kappa shape index (κ3) is 5.15. The topological polar surface area (TPSA) is 93.5 Å². The van der Waals surface area contributed by atoms with Crippen molar-refractivity contribution in [1.82, 2.24) is 9.80 Å². The number of amides is 1. The number of aliphatic hydroxyl groups excluding tert-OH is 1. The number of hydrogen-bond donors (Lipinski definition) is 3. The molecule has 28 heavy (non-hydrogen) atoms. The number of carbonyl (C=O) groups is 1. The normalized spacial score (nSPS) is 28.2. The second-order valence-electron chi connectivity index (χ2n) is 8.10. The maximum absolute atomic E-state index is 11.5. The summed E-state index contributed by atoms with van der Waals surface area (Å²) in [6.45, 7) is 3.71. The Hall–Kier alpha value is -1.38. The Morgan fingerprint density at radius 3 is 2.64 bits per heavy atom. The van der Waals surface area contributed by atoms with Crippen LogP contribution in [0.4, 0.5) is 0 Å². The van der Waals surface area contributed by atoms with Gasteiger partial charge in [-0.2, -0.15) is 0 Å². The average molecular weight is 413 g/mol. The van der Waals surface area contributed by atoms with E-state index in [4.69, 9.17) is 16.3 Å². The van der Waals surface area contributed by atoms with E-state index >= 15 is 0 Å². The average Bonchev–Trinajstić information content (AvgIpc) is 2.63. The van der Waals surface area contributed by atoms with Crippen molar-refractivity contribution in [3.8, 4) is 5.75 Å². The number of hydrogen-bond acceptors (Lipinski definition) is 6. The van der Waals surface area contributed by atoms with Gasteiger partial charge in [0.2, 0.25) is 5.91 Å². The molecule has 2 aliphatic heterocycles. The molecular weight excluding hydrogens is 384 g/mol. The molecule has 0 bridgehead atoms. The highest BCUT2D eigenvalue weighted by atomic mass is 35.5. The predicted octanol–water partition coefficient (Wildman–Crippen LogP) is 0.890. The molecule has 2 aliphatic rings. The molecule has 3 rings (SSSR count). The van der Waals surface area contributed by atoms with Gasteiger partial charge in [-0.1, -0.05) is 17.7 Å². The summed E-state index contributed by atoms with van der Waals surface area (Å²) >= 11 is 5.95. The Labute approximate surface area is 170 Å². The number of halogens is 1. The number of rotatable bonds is 5. The molecule has 8 heteroatoms. The molecule has 2 fully saturated rings. The summed E-state index contributed by atoms with van der Waals surface area (Å²) in [5, 5.41) is 32.8. The molecule has 156 valence electrons. The second-order valence-corrected chi connectivity index (χ2v) is 8.53. The van der Waals surface area contributed by atoms with E-state index in [1.54, 1.807) is 29.2 Å². The molecule has 1 aromatic carbocycles. The molecule has 0 radical (unpaired) electrons. The molecule has 7 nitrogen and oxygen atoms in total. The Balaban J connectivity index is 1.58. The Bertz CT molecular complexity index is 695. The van der Waals surface area contributed by atoms with Crippen molar-refractivity contribution in [1.29, 1.82) is 0 Å². The smallest absolute Gasteiger partial charge is 0.219 e. The molecule has 3 N–H and O–H groups in total. The first-order chi connectivity index (χ1) is 13.2. The molecule has 2 atom stereocenters. The standard InChI is InChI=1S/C20H29ClN2O5/c1-15(24)23-9-6-19(26,7-10-23)12-22-8-5-18(25)20(27,13-22)14-28-17-4-2-3-16(21)11-17/h2-4,11,18,25-27H,5-10,12-14H2,1H3/t18-,20-/m0/s1. The zero-order valence-corrected chi connectivity index (χ0v) is 16.9. The van der Waals surface area contributed by atoms with Crippen LogP contribution in [-0.4, -0.2) is 87.7 Å². The van der Waals surface area contributed by atoms with Crippen molar-refractivity contribution in [2.24, 2.45) is 0 Å². The van der Waals surface area contributed by atoms with E-state index in [1.807, 2.05) is 4.90 Å². The summed E-state index contributed by atoms with van der Waals surface area (Å²) in [7, 11) is 0. The van der Waals surface area contributed by atoms with Gasteiger partial charge in [-0.05, 0) is 37.5 Å². The first-order valence-corrected chi connectivity index (χ1v) is 10.1. The maximum atomic E-state index is 11.5. The van der Waals surface area contributed by atoms with Gasteiger partial charge in [0.05, 0.1) is 11.7 Å². The summed E-state index contributed by atoms with van der Waals surface area (Å²) in [5.74, 6) is 0.552.